The Morgan fingerprint density at radius 2 is 2.00 bits per heavy atom. The molecule has 94 valence electrons. The SMILES string of the molecule is CCN1CCC(O)(c2cc(C)ccc2F)CC1. The number of hydrogen-bond donors (Lipinski definition) is 1. The highest BCUT2D eigenvalue weighted by Gasteiger charge is 2.35. The van der Waals surface area contributed by atoms with Gasteiger partial charge in [-0.1, -0.05) is 24.6 Å². The lowest BCUT2D eigenvalue weighted by Gasteiger charge is -2.38. The fraction of sp³-hybridized carbons (Fsp3) is 0.571. The molecule has 17 heavy (non-hydrogen) atoms. The number of likely N-dealkylation sites (tertiary alicyclic amines) is 1. The lowest BCUT2D eigenvalue weighted by atomic mass is 9.83. The van der Waals surface area contributed by atoms with Crippen LogP contribution in [0.5, 0.6) is 0 Å². The van der Waals surface area contributed by atoms with Crippen LogP contribution in [0.1, 0.15) is 30.9 Å². The summed E-state index contributed by atoms with van der Waals surface area (Å²) in [6.07, 6.45) is 1.22. The highest BCUT2D eigenvalue weighted by molar-refractivity contribution is 5.29. The second-order valence-electron chi connectivity index (χ2n) is 4.95. The minimum atomic E-state index is -0.984. The van der Waals surface area contributed by atoms with E-state index in [-0.39, 0.29) is 5.82 Å². The van der Waals surface area contributed by atoms with Crippen molar-refractivity contribution in [2.75, 3.05) is 19.6 Å². The van der Waals surface area contributed by atoms with E-state index in [4.69, 9.17) is 0 Å². The lowest BCUT2D eigenvalue weighted by molar-refractivity contribution is -0.0273. The van der Waals surface area contributed by atoms with Crippen LogP contribution in [0.2, 0.25) is 0 Å². The second-order valence-corrected chi connectivity index (χ2v) is 4.95. The van der Waals surface area contributed by atoms with Gasteiger partial charge in [0.15, 0.2) is 0 Å². The molecule has 0 atom stereocenters. The summed E-state index contributed by atoms with van der Waals surface area (Å²) in [5, 5.41) is 10.6. The summed E-state index contributed by atoms with van der Waals surface area (Å²) in [7, 11) is 0. The number of benzene rings is 1. The first-order chi connectivity index (χ1) is 8.05. The average molecular weight is 237 g/mol. The van der Waals surface area contributed by atoms with Gasteiger partial charge in [0.2, 0.25) is 0 Å². The summed E-state index contributed by atoms with van der Waals surface area (Å²) in [6, 6.07) is 4.97. The molecule has 3 heteroatoms. The zero-order valence-corrected chi connectivity index (χ0v) is 10.5. The lowest BCUT2D eigenvalue weighted by Crippen LogP contribution is -2.42. The maximum Gasteiger partial charge on any atom is 0.129 e. The summed E-state index contributed by atoms with van der Waals surface area (Å²) in [6.45, 7) is 6.69. The Balaban J connectivity index is 2.24. The third-order valence-electron chi connectivity index (χ3n) is 3.75. The minimum Gasteiger partial charge on any atom is -0.385 e. The minimum absolute atomic E-state index is 0.289. The van der Waals surface area contributed by atoms with E-state index in [0.29, 0.717) is 18.4 Å². The van der Waals surface area contributed by atoms with Gasteiger partial charge in [-0.15, -0.1) is 0 Å². The van der Waals surface area contributed by atoms with Gasteiger partial charge in [0.05, 0.1) is 5.60 Å². The zero-order chi connectivity index (χ0) is 12.5. The van der Waals surface area contributed by atoms with Crippen LogP contribution in [0.25, 0.3) is 0 Å². The van der Waals surface area contributed by atoms with Crippen LogP contribution in [0.15, 0.2) is 18.2 Å². The van der Waals surface area contributed by atoms with Gasteiger partial charge < -0.3 is 10.0 Å². The van der Waals surface area contributed by atoms with Crippen molar-refractivity contribution in [1.82, 2.24) is 4.90 Å². The molecule has 1 heterocycles. The smallest absolute Gasteiger partial charge is 0.129 e. The first kappa shape index (κ1) is 12.5. The number of rotatable bonds is 2. The van der Waals surface area contributed by atoms with Crippen molar-refractivity contribution in [3.8, 4) is 0 Å². The molecule has 2 rings (SSSR count). The molecular weight excluding hydrogens is 217 g/mol. The van der Waals surface area contributed by atoms with Crippen molar-refractivity contribution in [2.24, 2.45) is 0 Å². The highest BCUT2D eigenvalue weighted by Crippen LogP contribution is 2.34. The van der Waals surface area contributed by atoms with Crippen LogP contribution < -0.4 is 0 Å². The molecule has 0 aromatic heterocycles. The molecule has 0 amide bonds. The summed E-state index contributed by atoms with van der Waals surface area (Å²) >= 11 is 0. The maximum atomic E-state index is 13.8. The topological polar surface area (TPSA) is 23.5 Å². The van der Waals surface area contributed by atoms with Crippen LogP contribution in [0.3, 0.4) is 0 Å². The van der Waals surface area contributed by atoms with Gasteiger partial charge in [-0.25, -0.2) is 4.39 Å². The second kappa shape index (κ2) is 4.75. The quantitative estimate of drug-likeness (QED) is 0.854. The number of halogens is 1. The first-order valence-corrected chi connectivity index (χ1v) is 6.26. The molecule has 0 radical (unpaired) electrons. The van der Waals surface area contributed by atoms with Crippen LogP contribution in [0.4, 0.5) is 4.39 Å². The Kier molecular flexibility index (Phi) is 3.50. The molecular formula is C14H20FNO. The Bertz CT molecular complexity index is 397. The first-order valence-electron chi connectivity index (χ1n) is 6.26. The Morgan fingerprint density at radius 3 is 2.59 bits per heavy atom. The molecule has 1 saturated heterocycles. The van der Waals surface area contributed by atoms with E-state index in [9.17, 15) is 9.50 Å². The van der Waals surface area contributed by atoms with Crippen LogP contribution in [0, 0.1) is 12.7 Å². The van der Waals surface area contributed by atoms with Gasteiger partial charge in [0.1, 0.15) is 5.82 Å². The predicted molar refractivity (Wildman–Crippen MR) is 66.4 cm³/mol. The molecule has 1 aromatic carbocycles. The predicted octanol–water partition coefficient (Wildman–Crippen LogP) is 2.44. The van der Waals surface area contributed by atoms with Crippen molar-refractivity contribution in [3.63, 3.8) is 0 Å². The van der Waals surface area contributed by atoms with Crippen molar-refractivity contribution in [1.29, 1.82) is 0 Å². The normalized spacial score (nSPS) is 20.5. The zero-order valence-electron chi connectivity index (χ0n) is 10.5. The average Bonchev–Trinajstić information content (AvgIpc) is 2.33. The van der Waals surface area contributed by atoms with Crippen LogP contribution in [-0.2, 0) is 5.60 Å². The molecule has 1 N–H and O–H groups in total. The Labute approximate surface area is 102 Å². The van der Waals surface area contributed by atoms with Gasteiger partial charge in [0.25, 0.3) is 0 Å². The monoisotopic (exact) mass is 237 g/mol. The van der Waals surface area contributed by atoms with Crippen LogP contribution in [-0.4, -0.2) is 29.6 Å². The van der Waals surface area contributed by atoms with Crippen molar-refractivity contribution in [2.45, 2.75) is 32.3 Å². The fourth-order valence-electron chi connectivity index (χ4n) is 2.50. The van der Waals surface area contributed by atoms with Crippen LogP contribution >= 0.6 is 0 Å². The van der Waals surface area contributed by atoms with E-state index < -0.39 is 5.60 Å². The molecule has 0 aliphatic carbocycles. The number of nitrogens with zero attached hydrogens (tertiary/aromatic N) is 1. The van der Waals surface area contributed by atoms with Gasteiger partial charge >= 0.3 is 0 Å². The summed E-state index contributed by atoms with van der Waals surface area (Å²) in [5.74, 6) is -0.289. The number of aliphatic hydroxyl groups is 1. The third-order valence-corrected chi connectivity index (χ3v) is 3.75. The van der Waals surface area contributed by atoms with E-state index in [0.717, 1.165) is 25.2 Å². The van der Waals surface area contributed by atoms with Gasteiger partial charge in [-0.2, -0.15) is 0 Å². The van der Waals surface area contributed by atoms with E-state index in [2.05, 4.69) is 11.8 Å². The standard InChI is InChI=1S/C14H20FNO/c1-3-16-8-6-14(17,7-9-16)12-10-11(2)4-5-13(12)15/h4-5,10,17H,3,6-9H2,1-2H3. The Morgan fingerprint density at radius 1 is 1.35 bits per heavy atom. The molecule has 0 bridgehead atoms. The Hall–Kier alpha value is -0.930. The molecule has 0 saturated carbocycles. The highest BCUT2D eigenvalue weighted by atomic mass is 19.1. The summed E-state index contributed by atoms with van der Waals surface area (Å²) in [4.78, 5) is 2.28. The summed E-state index contributed by atoms with van der Waals surface area (Å²) < 4.78 is 13.8. The van der Waals surface area contributed by atoms with E-state index >= 15 is 0 Å². The number of piperidine rings is 1. The van der Waals surface area contributed by atoms with Crippen molar-refractivity contribution >= 4 is 0 Å². The summed E-state index contributed by atoms with van der Waals surface area (Å²) in [5.41, 5.74) is 0.475. The third kappa shape index (κ3) is 2.50. The van der Waals surface area contributed by atoms with Crippen molar-refractivity contribution in [3.05, 3.63) is 35.1 Å². The number of hydrogen-bond acceptors (Lipinski definition) is 2. The van der Waals surface area contributed by atoms with Gasteiger partial charge in [0, 0.05) is 18.7 Å². The molecule has 0 spiro atoms. The molecule has 1 aliphatic rings. The number of aryl methyl sites for hydroxylation is 1. The largest absolute Gasteiger partial charge is 0.385 e. The van der Waals surface area contributed by atoms with Gasteiger partial charge in [-0.05, 0) is 32.4 Å². The van der Waals surface area contributed by atoms with E-state index in [1.54, 1.807) is 12.1 Å². The molecule has 2 nitrogen and oxygen atoms in total. The van der Waals surface area contributed by atoms with Crippen molar-refractivity contribution < 1.29 is 9.50 Å². The van der Waals surface area contributed by atoms with E-state index in [1.165, 1.54) is 6.07 Å². The van der Waals surface area contributed by atoms with E-state index in [1.807, 2.05) is 6.92 Å². The molecule has 0 unspecified atom stereocenters. The molecule has 1 aliphatic heterocycles. The maximum absolute atomic E-state index is 13.8. The fourth-order valence-corrected chi connectivity index (χ4v) is 2.50. The molecule has 1 fully saturated rings. The van der Waals surface area contributed by atoms with Gasteiger partial charge in [-0.3, -0.25) is 0 Å². The molecule has 1 aromatic rings.